The van der Waals surface area contributed by atoms with Gasteiger partial charge in [0.05, 0.1) is 11.6 Å². The third kappa shape index (κ3) is 4.83. The van der Waals surface area contributed by atoms with Crippen molar-refractivity contribution < 1.29 is 18.0 Å². The number of carbonyl (C=O) groups is 1. The third-order valence-corrected chi connectivity index (χ3v) is 3.80. The van der Waals surface area contributed by atoms with Gasteiger partial charge in [0.1, 0.15) is 0 Å². The van der Waals surface area contributed by atoms with Crippen LogP contribution in [0.3, 0.4) is 0 Å². The molecule has 0 aliphatic carbocycles. The lowest BCUT2D eigenvalue weighted by Gasteiger charge is -2.24. The van der Waals surface area contributed by atoms with Gasteiger partial charge < -0.3 is 5.32 Å². The van der Waals surface area contributed by atoms with Crippen molar-refractivity contribution in [2.45, 2.75) is 25.7 Å². The summed E-state index contributed by atoms with van der Waals surface area (Å²) < 4.78 is 37.7. The van der Waals surface area contributed by atoms with E-state index >= 15 is 0 Å². The van der Waals surface area contributed by atoms with Crippen molar-refractivity contribution in [3.8, 4) is 0 Å². The fraction of sp³-hybridized carbons (Fsp3) is 0.278. The molecular formula is C18H19F3N2O. The van der Waals surface area contributed by atoms with Crippen LogP contribution in [-0.4, -0.2) is 23.9 Å². The molecule has 1 amide bonds. The Morgan fingerprint density at radius 2 is 1.67 bits per heavy atom. The van der Waals surface area contributed by atoms with Crippen LogP contribution < -0.4 is 5.32 Å². The largest absolute Gasteiger partial charge is 0.416 e. The maximum atomic E-state index is 12.6. The maximum absolute atomic E-state index is 12.6. The van der Waals surface area contributed by atoms with E-state index in [1.165, 1.54) is 12.1 Å². The second kappa shape index (κ2) is 7.49. The molecule has 0 unspecified atom stereocenters. The van der Waals surface area contributed by atoms with Gasteiger partial charge in [-0.05, 0) is 43.8 Å². The molecule has 2 rings (SSSR count). The highest BCUT2D eigenvalue weighted by Crippen LogP contribution is 2.29. The molecule has 0 fully saturated rings. The Bertz CT molecular complexity index is 669. The molecule has 0 aromatic heterocycles. The zero-order chi connectivity index (χ0) is 17.7. The van der Waals surface area contributed by atoms with E-state index in [2.05, 4.69) is 5.32 Å². The molecule has 1 atom stereocenters. The number of nitrogens with one attached hydrogen (secondary N) is 1. The van der Waals surface area contributed by atoms with E-state index in [0.717, 1.165) is 12.1 Å². The predicted molar refractivity (Wildman–Crippen MR) is 87.4 cm³/mol. The highest BCUT2D eigenvalue weighted by atomic mass is 19.4. The molecule has 1 N–H and O–H groups in total. The Balaban J connectivity index is 1.95. The van der Waals surface area contributed by atoms with Crippen LogP contribution in [0.25, 0.3) is 0 Å². The minimum absolute atomic E-state index is 0.171. The Kier molecular flexibility index (Phi) is 5.62. The first kappa shape index (κ1) is 18.0. The number of anilines is 1. The Morgan fingerprint density at radius 3 is 2.21 bits per heavy atom. The SMILES string of the molecule is C[C@@H](C(=O)Nc1ccccc1)N(C)Cc1ccc(C(F)(F)F)cc1. The molecule has 6 heteroatoms. The fourth-order valence-corrected chi connectivity index (χ4v) is 2.19. The van der Waals surface area contributed by atoms with Crippen LogP contribution in [-0.2, 0) is 17.5 Å². The molecule has 2 aromatic rings. The van der Waals surface area contributed by atoms with Crippen LogP contribution in [0.15, 0.2) is 54.6 Å². The monoisotopic (exact) mass is 336 g/mol. The molecule has 128 valence electrons. The number of benzene rings is 2. The van der Waals surface area contributed by atoms with Crippen molar-refractivity contribution >= 4 is 11.6 Å². The average Bonchev–Trinajstić information content (AvgIpc) is 2.54. The van der Waals surface area contributed by atoms with Crippen molar-refractivity contribution in [2.75, 3.05) is 12.4 Å². The molecule has 0 bridgehead atoms. The summed E-state index contributed by atoms with van der Waals surface area (Å²) in [6.07, 6.45) is -4.34. The summed E-state index contributed by atoms with van der Waals surface area (Å²) in [6.45, 7) is 2.13. The van der Waals surface area contributed by atoms with Crippen molar-refractivity contribution in [3.63, 3.8) is 0 Å². The molecule has 3 nitrogen and oxygen atoms in total. The highest BCUT2D eigenvalue weighted by Gasteiger charge is 2.30. The van der Waals surface area contributed by atoms with E-state index < -0.39 is 17.8 Å². The number of rotatable bonds is 5. The second-order valence-electron chi connectivity index (χ2n) is 5.64. The topological polar surface area (TPSA) is 32.3 Å². The fourth-order valence-electron chi connectivity index (χ4n) is 2.19. The van der Waals surface area contributed by atoms with E-state index in [0.29, 0.717) is 17.8 Å². The van der Waals surface area contributed by atoms with E-state index in [1.54, 1.807) is 31.0 Å². The number of nitrogens with zero attached hydrogens (tertiary/aromatic N) is 1. The van der Waals surface area contributed by atoms with Crippen LogP contribution in [0, 0.1) is 0 Å². The zero-order valence-electron chi connectivity index (χ0n) is 13.5. The third-order valence-electron chi connectivity index (χ3n) is 3.80. The first-order chi connectivity index (χ1) is 11.3. The second-order valence-corrected chi connectivity index (χ2v) is 5.64. The van der Waals surface area contributed by atoms with Crippen LogP contribution in [0.1, 0.15) is 18.1 Å². The number of amides is 1. The van der Waals surface area contributed by atoms with E-state index in [4.69, 9.17) is 0 Å². The summed E-state index contributed by atoms with van der Waals surface area (Å²) in [5.74, 6) is -0.171. The molecule has 0 spiro atoms. The molecule has 0 aliphatic rings. The van der Waals surface area contributed by atoms with Crippen molar-refractivity contribution in [3.05, 3.63) is 65.7 Å². The predicted octanol–water partition coefficient (Wildman–Crippen LogP) is 4.16. The Morgan fingerprint density at radius 1 is 1.08 bits per heavy atom. The summed E-state index contributed by atoms with van der Waals surface area (Å²) in [7, 11) is 1.76. The van der Waals surface area contributed by atoms with Crippen molar-refractivity contribution in [2.24, 2.45) is 0 Å². The zero-order valence-corrected chi connectivity index (χ0v) is 13.5. The van der Waals surface area contributed by atoms with Crippen LogP contribution in [0.2, 0.25) is 0 Å². The molecule has 2 aromatic carbocycles. The lowest BCUT2D eigenvalue weighted by molar-refractivity contribution is -0.137. The number of carbonyl (C=O) groups excluding carboxylic acids is 1. The van der Waals surface area contributed by atoms with Crippen molar-refractivity contribution in [1.82, 2.24) is 4.90 Å². The molecule has 0 saturated carbocycles. The maximum Gasteiger partial charge on any atom is 0.416 e. The van der Waals surface area contributed by atoms with Crippen LogP contribution in [0.5, 0.6) is 0 Å². The lowest BCUT2D eigenvalue weighted by Crippen LogP contribution is -2.39. The normalized spacial score (nSPS) is 12.9. The van der Waals surface area contributed by atoms with E-state index in [9.17, 15) is 18.0 Å². The Labute approximate surface area is 139 Å². The number of alkyl halides is 3. The average molecular weight is 336 g/mol. The van der Waals surface area contributed by atoms with Gasteiger partial charge in [-0.2, -0.15) is 13.2 Å². The lowest BCUT2D eigenvalue weighted by atomic mass is 10.1. The van der Waals surface area contributed by atoms with Gasteiger partial charge in [-0.25, -0.2) is 0 Å². The van der Waals surface area contributed by atoms with Gasteiger partial charge in [0.15, 0.2) is 0 Å². The summed E-state index contributed by atoms with van der Waals surface area (Å²) >= 11 is 0. The first-order valence-electron chi connectivity index (χ1n) is 7.49. The number of hydrogen-bond donors (Lipinski definition) is 1. The van der Waals surface area contributed by atoms with Gasteiger partial charge in [0.25, 0.3) is 0 Å². The quantitative estimate of drug-likeness (QED) is 0.889. The smallest absolute Gasteiger partial charge is 0.325 e. The van der Waals surface area contributed by atoms with Gasteiger partial charge in [0, 0.05) is 12.2 Å². The van der Waals surface area contributed by atoms with Gasteiger partial charge >= 0.3 is 6.18 Å². The van der Waals surface area contributed by atoms with Gasteiger partial charge in [-0.3, -0.25) is 9.69 Å². The molecule has 0 heterocycles. The molecule has 24 heavy (non-hydrogen) atoms. The van der Waals surface area contributed by atoms with Gasteiger partial charge in [-0.15, -0.1) is 0 Å². The van der Waals surface area contributed by atoms with E-state index in [-0.39, 0.29) is 5.91 Å². The summed E-state index contributed by atoms with van der Waals surface area (Å²) in [5.41, 5.74) is 0.742. The number of likely N-dealkylation sites (N-methyl/N-ethyl adjacent to an activating group) is 1. The summed E-state index contributed by atoms with van der Waals surface area (Å²) in [6, 6.07) is 13.6. The summed E-state index contributed by atoms with van der Waals surface area (Å²) in [5, 5.41) is 2.81. The number of para-hydroxylation sites is 1. The highest BCUT2D eigenvalue weighted by molar-refractivity contribution is 5.94. The van der Waals surface area contributed by atoms with Gasteiger partial charge in [-0.1, -0.05) is 30.3 Å². The van der Waals surface area contributed by atoms with Gasteiger partial charge in [0.2, 0.25) is 5.91 Å². The van der Waals surface area contributed by atoms with E-state index in [1.807, 2.05) is 18.2 Å². The minimum Gasteiger partial charge on any atom is -0.325 e. The van der Waals surface area contributed by atoms with Crippen LogP contribution in [0.4, 0.5) is 18.9 Å². The molecule has 0 radical (unpaired) electrons. The van der Waals surface area contributed by atoms with Crippen molar-refractivity contribution in [1.29, 1.82) is 0 Å². The number of halogens is 3. The molecular weight excluding hydrogens is 317 g/mol. The standard InChI is InChI=1S/C18H19F3N2O/c1-13(17(24)22-16-6-4-3-5-7-16)23(2)12-14-8-10-15(11-9-14)18(19,20)21/h3-11,13H,12H2,1-2H3,(H,22,24)/t13-/m0/s1. The minimum atomic E-state index is -4.34. The molecule has 0 saturated heterocycles. The molecule has 0 aliphatic heterocycles. The first-order valence-corrected chi connectivity index (χ1v) is 7.49. The summed E-state index contributed by atoms with van der Waals surface area (Å²) in [4.78, 5) is 14.0. The van der Waals surface area contributed by atoms with Crippen LogP contribution >= 0.6 is 0 Å². The number of hydrogen-bond acceptors (Lipinski definition) is 2. The Hall–Kier alpha value is -2.34.